The van der Waals surface area contributed by atoms with Crippen LogP contribution in [0.1, 0.15) is 23.2 Å². The Hall–Kier alpha value is -1.53. The second-order valence-electron chi connectivity index (χ2n) is 4.79. The Balaban J connectivity index is 1.73. The molecule has 2 unspecified atom stereocenters. The highest BCUT2D eigenvalue weighted by Crippen LogP contribution is 2.31. The van der Waals surface area contributed by atoms with Crippen molar-refractivity contribution in [2.45, 2.75) is 18.4 Å². The lowest BCUT2D eigenvalue weighted by Gasteiger charge is -2.06. The van der Waals surface area contributed by atoms with Crippen LogP contribution in [-0.2, 0) is 6.42 Å². The first-order chi connectivity index (χ1) is 9.76. The first kappa shape index (κ1) is 13.5. The van der Waals surface area contributed by atoms with Gasteiger partial charge in [-0.1, -0.05) is 17.3 Å². The summed E-state index contributed by atoms with van der Waals surface area (Å²) in [7, 11) is 1.64. The molecule has 5 nitrogen and oxygen atoms in total. The maximum Gasteiger partial charge on any atom is 0.233 e. The zero-order chi connectivity index (χ0) is 13.9. The maximum atomic E-state index is 9.84. The van der Waals surface area contributed by atoms with Crippen LogP contribution in [-0.4, -0.2) is 40.0 Å². The van der Waals surface area contributed by atoms with Crippen molar-refractivity contribution in [2.75, 3.05) is 18.6 Å². The predicted octanol–water partition coefficient (Wildman–Crippen LogP) is 1.86. The third-order valence-electron chi connectivity index (χ3n) is 3.35. The molecular formula is C14H16N2O3S. The lowest BCUT2D eigenvalue weighted by atomic mass is 10.1. The predicted molar refractivity (Wildman–Crippen MR) is 76.2 cm³/mol. The molecule has 1 fully saturated rings. The molecule has 0 bridgehead atoms. The average molecular weight is 292 g/mol. The summed E-state index contributed by atoms with van der Waals surface area (Å²) in [6, 6.07) is 7.79. The quantitative estimate of drug-likeness (QED) is 0.927. The van der Waals surface area contributed by atoms with E-state index < -0.39 is 0 Å². The summed E-state index contributed by atoms with van der Waals surface area (Å²) in [6.07, 6.45) is 0.210. The van der Waals surface area contributed by atoms with Gasteiger partial charge < -0.3 is 14.4 Å². The van der Waals surface area contributed by atoms with Crippen molar-refractivity contribution in [2.24, 2.45) is 0 Å². The lowest BCUT2D eigenvalue weighted by molar-refractivity contribution is 0.164. The van der Waals surface area contributed by atoms with Crippen molar-refractivity contribution in [3.8, 4) is 5.75 Å². The smallest absolute Gasteiger partial charge is 0.233 e. The van der Waals surface area contributed by atoms with Crippen LogP contribution < -0.4 is 4.74 Å². The van der Waals surface area contributed by atoms with Crippen molar-refractivity contribution in [3.63, 3.8) is 0 Å². The molecule has 2 aromatic rings. The van der Waals surface area contributed by atoms with E-state index in [0.29, 0.717) is 18.1 Å². The molecule has 0 radical (unpaired) electrons. The topological polar surface area (TPSA) is 68.4 Å². The van der Waals surface area contributed by atoms with Crippen molar-refractivity contribution in [3.05, 3.63) is 41.5 Å². The summed E-state index contributed by atoms with van der Waals surface area (Å²) >= 11 is 1.71. The van der Waals surface area contributed by atoms with Crippen LogP contribution >= 0.6 is 11.8 Å². The molecule has 1 aromatic carbocycles. The molecule has 1 aliphatic heterocycles. The van der Waals surface area contributed by atoms with Gasteiger partial charge in [0.05, 0.1) is 19.1 Å². The van der Waals surface area contributed by atoms with E-state index in [4.69, 9.17) is 9.26 Å². The maximum absolute atomic E-state index is 9.84. The zero-order valence-electron chi connectivity index (χ0n) is 11.2. The van der Waals surface area contributed by atoms with E-state index in [1.165, 1.54) is 0 Å². The van der Waals surface area contributed by atoms with Crippen LogP contribution in [0.15, 0.2) is 28.8 Å². The number of aliphatic hydroxyl groups is 1. The summed E-state index contributed by atoms with van der Waals surface area (Å²) in [6.45, 7) is 0. The number of rotatable bonds is 4. The van der Waals surface area contributed by atoms with E-state index in [9.17, 15) is 5.11 Å². The van der Waals surface area contributed by atoms with Gasteiger partial charge in [0.25, 0.3) is 0 Å². The third-order valence-corrected chi connectivity index (χ3v) is 4.52. The normalized spacial score (nSPS) is 22.1. The Morgan fingerprint density at radius 3 is 3.10 bits per heavy atom. The molecule has 6 heteroatoms. The summed E-state index contributed by atoms with van der Waals surface area (Å²) in [4.78, 5) is 4.40. The highest BCUT2D eigenvalue weighted by atomic mass is 32.2. The van der Waals surface area contributed by atoms with Crippen LogP contribution in [0.4, 0.5) is 0 Å². The van der Waals surface area contributed by atoms with Gasteiger partial charge in [-0.3, -0.25) is 0 Å². The van der Waals surface area contributed by atoms with Crippen LogP contribution in [0, 0.1) is 0 Å². The summed E-state index contributed by atoms with van der Waals surface area (Å²) in [5, 5.41) is 13.8. The van der Waals surface area contributed by atoms with Gasteiger partial charge >= 0.3 is 0 Å². The molecule has 0 aliphatic carbocycles. The van der Waals surface area contributed by atoms with E-state index in [0.717, 1.165) is 22.8 Å². The molecule has 1 N–H and O–H groups in total. The molecule has 1 aliphatic rings. The van der Waals surface area contributed by atoms with Gasteiger partial charge in [-0.15, -0.1) is 0 Å². The minimum atomic E-state index is -0.384. The largest absolute Gasteiger partial charge is 0.497 e. The van der Waals surface area contributed by atoms with Gasteiger partial charge in [0.1, 0.15) is 5.75 Å². The summed E-state index contributed by atoms with van der Waals surface area (Å²) < 4.78 is 10.5. The molecule has 20 heavy (non-hydrogen) atoms. The number of ether oxygens (including phenoxy) is 1. The summed E-state index contributed by atoms with van der Waals surface area (Å²) in [5.74, 6) is 3.53. The van der Waals surface area contributed by atoms with Crippen LogP contribution in [0.25, 0.3) is 0 Å². The van der Waals surface area contributed by atoms with Crippen LogP contribution in [0.3, 0.4) is 0 Å². The van der Waals surface area contributed by atoms with E-state index in [-0.39, 0.29) is 12.0 Å². The van der Waals surface area contributed by atoms with Crippen molar-refractivity contribution in [1.82, 2.24) is 10.1 Å². The van der Waals surface area contributed by atoms with Crippen molar-refractivity contribution in [1.29, 1.82) is 0 Å². The zero-order valence-corrected chi connectivity index (χ0v) is 12.0. The average Bonchev–Trinajstić information content (AvgIpc) is 3.08. The van der Waals surface area contributed by atoms with E-state index in [2.05, 4.69) is 10.1 Å². The van der Waals surface area contributed by atoms with Crippen LogP contribution in [0.5, 0.6) is 5.75 Å². The summed E-state index contributed by atoms with van der Waals surface area (Å²) in [5.41, 5.74) is 1.07. The molecule has 1 saturated heterocycles. The molecule has 2 atom stereocenters. The fourth-order valence-electron chi connectivity index (χ4n) is 2.23. The first-order valence-corrected chi connectivity index (χ1v) is 7.63. The Morgan fingerprint density at radius 2 is 2.35 bits per heavy atom. The fourth-order valence-corrected chi connectivity index (χ4v) is 3.46. The van der Waals surface area contributed by atoms with E-state index >= 15 is 0 Å². The fraction of sp³-hybridized carbons (Fsp3) is 0.429. The number of nitrogens with zero attached hydrogens (tertiary/aromatic N) is 2. The lowest BCUT2D eigenvalue weighted by Crippen LogP contribution is -2.15. The number of thioether (sulfide) groups is 1. The van der Waals surface area contributed by atoms with Gasteiger partial charge in [0, 0.05) is 17.9 Å². The minimum absolute atomic E-state index is 0.0356. The SMILES string of the molecule is COc1cccc(Cc2noc(C3CSCC3O)n2)c1. The van der Waals surface area contributed by atoms with Gasteiger partial charge in [0.15, 0.2) is 5.82 Å². The highest BCUT2D eigenvalue weighted by Gasteiger charge is 2.31. The molecular weight excluding hydrogens is 276 g/mol. The minimum Gasteiger partial charge on any atom is -0.497 e. The second kappa shape index (κ2) is 5.85. The Bertz CT molecular complexity index is 587. The Kier molecular flexibility index (Phi) is 3.93. The monoisotopic (exact) mass is 292 g/mol. The Labute approximate surface area is 121 Å². The number of aromatic nitrogens is 2. The first-order valence-electron chi connectivity index (χ1n) is 6.47. The van der Waals surface area contributed by atoms with E-state index in [1.54, 1.807) is 18.9 Å². The van der Waals surface area contributed by atoms with Crippen LogP contribution in [0.2, 0.25) is 0 Å². The van der Waals surface area contributed by atoms with Crippen molar-refractivity contribution >= 4 is 11.8 Å². The van der Waals surface area contributed by atoms with Crippen molar-refractivity contribution < 1.29 is 14.4 Å². The second-order valence-corrected chi connectivity index (χ2v) is 5.86. The van der Waals surface area contributed by atoms with Gasteiger partial charge in [-0.05, 0) is 17.7 Å². The Morgan fingerprint density at radius 1 is 1.45 bits per heavy atom. The molecule has 1 aromatic heterocycles. The number of hydrogen-bond donors (Lipinski definition) is 1. The molecule has 0 saturated carbocycles. The van der Waals surface area contributed by atoms with Gasteiger partial charge in [0.2, 0.25) is 5.89 Å². The highest BCUT2D eigenvalue weighted by molar-refractivity contribution is 7.99. The van der Waals surface area contributed by atoms with Gasteiger partial charge in [-0.2, -0.15) is 16.7 Å². The molecule has 106 valence electrons. The standard InChI is InChI=1S/C14H16N2O3S/c1-18-10-4-2-3-9(5-10)6-13-15-14(19-16-13)11-7-20-8-12(11)17/h2-5,11-12,17H,6-8H2,1H3. The number of benzene rings is 1. The number of aliphatic hydroxyl groups excluding tert-OH is 1. The molecule has 0 spiro atoms. The molecule has 0 amide bonds. The molecule has 2 heterocycles. The molecule has 3 rings (SSSR count). The van der Waals surface area contributed by atoms with Gasteiger partial charge in [-0.25, -0.2) is 0 Å². The van der Waals surface area contributed by atoms with E-state index in [1.807, 2.05) is 24.3 Å². The number of hydrogen-bond acceptors (Lipinski definition) is 6. The number of methoxy groups -OCH3 is 1. The third kappa shape index (κ3) is 2.81.